The van der Waals surface area contributed by atoms with Crippen molar-refractivity contribution >= 4 is 5.69 Å². The van der Waals surface area contributed by atoms with E-state index in [2.05, 4.69) is 0 Å². The smallest absolute Gasteiger partial charge is 0.275 e. The zero-order valence-corrected chi connectivity index (χ0v) is 6.36. The van der Waals surface area contributed by atoms with Crippen LogP contribution < -0.4 is 0 Å². The molecule has 0 aliphatic carbocycles. The molecule has 0 bridgehead atoms. The summed E-state index contributed by atoms with van der Waals surface area (Å²) in [7, 11) is 0. The molecular formula is C8H9NO3. The number of nitrogens with zero attached hydrogens (tertiary/aromatic N) is 1. The molecule has 1 aromatic rings. The van der Waals surface area contributed by atoms with Gasteiger partial charge in [-0.2, -0.15) is 0 Å². The van der Waals surface area contributed by atoms with Crippen molar-refractivity contribution in [3.63, 3.8) is 0 Å². The van der Waals surface area contributed by atoms with E-state index in [1.165, 1.54) is 12.1 Å². The van der Waals surface area contributed by atoms with Gasteiger partial charge in [-0.15, -0.1) is 0 Å². The van der Waals surface area contributed by atoms with Gasteiger partial charge < -0.3 is 5.11 Å². The maximum Gasteiger partial charge on any atom is 0.275 e. The first-order valence-electron chi connectivity index (χ1n) is 4.06. The lowest BCUT2D eigenvalue weighted by atomic mass is 10.1. The Kier molecular flexibility index (Phi) is 2.00. The van der Waals surface area contributed by atoms with Gasteiger partial charge in [0.1, 0.15) is 0 Å². The number of aryl methyl sites for hydroxylation is 1. The molecule has 0 amide bonds. The second-order valence-corrected chi connectivity index (χ2v) is 2.38. The molecule has 64 valence electrons. The highest BCUT2D eigenvalue weighted by atomic mass is 16.6. The van der Waals surface area contributed by atoms with Gasteiger partial charge in [-0.1, -0.05) is 6.07 Å². The normalized spacial score (nSPS) is 10.9. The quantitative estimate of drug-likeness (QED) is 0.536. The van der Waals surface area contributed by atoms with Crippen molar-refractivity contribution < 1.29 is 11.4 Å². The first-order chi connectivity index (χ1) is 6.19. The molecule has 0 aromatic heterocycles. The van der Waals surface area contributed by atoms with Crippen molar-refractivity contribution in [2.75, 3.05) is 0 Å². The van der Waals surface area contributed by atoms with Crippen LogP contribution in [0.3, 0.4) is 0 Å². The van der Waals surface area contributed by atoms with Crippen LogP contribution in [-0.2, 0) is 6.61 Å². The first kappa shape index (κ1) is 7.24. The molecule has 4 nitrogen and oxygen atoms in total. The predicted molar refractivity (Wildman–Crippen MR) is 43.8 cm³/mol. The van der Waals surface area contributed by atoms with Crippen LogP contribution in [0.15, 0.2) is 18.2 Å². The summed E-state index contributed by atoms with van der Waals surface area (Å²) in [5, 5.41) is 19.3. The molecule has 0 atom stereocenters. The molecule has 0 spiro atoms. The Balaban J connectivity index is 3.18. The molecular weight excluding hydrogens is 158 g/mol. The number of nitro benzene ring substituents is 1. The minimum Gasteiger partial charge on any atom is -0.391 e. The predicted octanol–water partition coefficient (Wildman–Crippen LogP) is 1.40. The average Bonchev–Trinajstić information content (AvgIpc) is 2.16. The van der Waals surface area contributed by atoms with E-state index in [9.17, 15) is 10.1 Å². The van der Waals surface area contributed by atoms with E-state index in [0.29, 0.717) is 5.56 Å². The fraction of sp³-hybridized carbons (Fsp3) is 0.250. The van der Waals surface area contributed by atoms with Crippen molar-refractivity contribution in [3.8, 4) is 0 Å². The van der Waals surface area contributed by atoms with E-state index in [0.717, 1.165) is 0 Å². The van der Waals surface area contributed by atoms with Crippen molar-refractivity contribution in [2.45, 2.75) is 13.5 Å². The highest BCUT2D eigenvalue weighted by Crippen LogP contribution is 2.19. The molecule has 0 unspecified atom stereocenters. The number of benzene rings is 1. The summed E-state index contributed by atoms with van der Waals surface area (Å²) >= 11 is 0. The van der Waals surface area contributed by atoms with Crippen LogP contribution in [0.1, 0.15) is 12.5 Å². The maximum absolute atomic E-state index is 10.5. The Bertz CT molecular complexity index is 327. The average molecular weight is 168 g/mol. The number of aliphatic hydroxyl groups excluding tert-OH is 1. The Morgan fingerprint density at radius 1 is 1.75 bits per heavy atom. The summed E-state index contributed by atoms with van der Waals surface area (Å²) in [6, 6.07) is 4.39. The Morgan fingerprint density at radius 3 is 3.00 bits per heavy atom. The molecule has 0 fully saturated rings. The number of nitro groups is 1. The molecule has 1 rings (SSSR count). The molecule has 0 heterocycles. The van der Waals surface area contributed by atoms with Crippen LogP contribution in [0.4, 0.5) is 5.69 Å². The van der Waals surface area contributed by atoms with Gasteiger partial charge in [0.2, 0.25) is 0 Å². The molecule has 1 N–H and O–H groups in total. The fourth-order valence-corrected chi connectivity index (χ4v) is 0.913. The standard InChI is InChI=1S/C8H9NO3/c1-6-2-3-7(5-10)8(4-6)9(11)12/h2-4,10H,5H2,1H3/i1D. The van der Waals surface area contributed by atoms with Gasteiger partial charge in [-0.05, 0) is 18.5 Å². The van der Waals surface area contributed by atoms with Gasteiger partial charge in [0.15, 0.2) is 0 Å². The van der Waals surface area contributed by atoms with Crippen LogP contribution >= 0.6 is 0 Å². The van der Waals surface area contributed by atoms with Crippen molar-refractivity contribution in [1.29, 1.82) is 0 Å². The topological polar surface area (TPSA) is 63.4 Å². The third-order valence-electron chi connectivity index (χ3n) is 1.52. The van der Waals surface area contributed by atoms with Gasteiger partial charge in [0.25, 0.3) is 5.69 Å². The largest absolute Gasteiger partial charge is 0.391 e. The molecule has 12 heavy (non-hydrogen) atoms. The zero-order chi connectivity index (χ0) is 9.84. The van der Waals surface area contributed by atoms with Crippen molar-refractivity contribution in [3.05, 3.63) is 39.4 Å². The lowest BCUT2D eigenvalue weighted by Gasteiger charge is -1.99. The minimum absolute atomic E-state index is 0.00650. The monoisotopic (exact) mass is 168 g/mol. The van der Waals surface area contributed by atoms with E-state index in [1.54, 1.807) is 6.07 Å². The summed E-state index contributed by atoms with van der Waals surface area (Å²) in [6.45, 7) is -0.346. The van der Waals surface area contributed by atoms with E-state index >= 15 is 0 Å². The van der Waals surface area contributed by atoms with Gasteiger partial charge in [-0.25, -0.2) is 0 Å². The SMILES string of the molecule is [2H]Cc1ccc(CO)c([N+](=O)[O-])c1. The minimum atomic E-state index is -0.551. The van der Waals surface area contributed by atoms with Crippen molar-refractivity contribution in [1.82, 2.24) is 0 Å². The van der Waals surface area contributed by atoms with E-state index in [-0.39, 0.29) is 24.8 Å². The van der Waals surface area contributed by atoms with Gasteiger partial charge in [-0.3, -0.25) is 10.1 Å². The van der Waals surface area contributed by atoms with Gasteiger partial charge >= 0.3 is 0 Å². The van der Waals surface area contributed by atoms with E-state index < -0.39 is 4.92 Å². The van der Waals surface area contributed by atoms with Crippen LogP contribution in [0, 0.1) is 17.0 Å². The van der Waals surface area contributed by atoms with E-state index in [4.69, 9.17) is 6.48 Å². The second kappa shape index (κ2) is 3.32. The van der Waals surface area contributed by atoms with Gasteiger partial charge in [0.05, 0.1) is 17.1 Å². The number of hydrogen-bond donors (Lipinski definition) is 1. The Morgan fingerprint density at radius 2 is 2.50 bits per heavy atom. The third kappa shape index (κ3) is 1.60. The summed E-state index contributed by atoms with van der Waals surface area (Å²) in [4.78, 5) is 9.93. The Labute approximate surface area is 71.0 Å². The Hall–Kier alpha value is -1.42. The summed E-state index contributed by atoms with van der Waals surface area (Å²) in [6.07, 6.45) is 0. The zero-order valence-electron chi connectivity index (χ0n) is 7.36. The molecule has 0 aliphatic heterocycles. The van der Waals surface area contributed by atoms with Crippen LogP contribution in [-0.4, -0.2) is 10.0 Å². The van der Waals surface area contributed by atoms with Crippen molar-refractivity contribution in [2.24, 2.45) is 0 Å². The number of aliphatic hydroxyl groups is 1. The molecule has 1 aromatic carbocycles. The molecule has 0 saturated heterocycles. The summed E-state index contributed by atoms with van der Waals surface area (Å²) < 4.78 is 7.02. The fourth-order valence-electron chi connectivity index (χ4n) is 0.913. The lowest BCUT2D eigenvalue weighted by Crippen LogP contribution is -1.95. The molecule has 0 saturated carbocycles. The lowest BCUT2D eigenvalue weighted by molar-refractivity contribution is -0.385. The van der Waals surface area contributed by atoms with Crippen LogP contribution in [0.2, 0.25) is 0 Å². The highest BCUT2D eigenvalue weighted by molar-refractivity contribution is 5.42. The number of hydrogen-bond acceptors (Lipinski definition) is 3. The van der Waals surface area contributed by atoms with Gasteiger partial charge in [0, 0.05) is 7.44 Å². The second-order valence-electron chi connectivity index (χ2n) is 2.38. The summed E-state index contributed by atoms with van der Waals surface area (Å²) in [5.41, 5.74) is 0.735. The highest BCUT2D eigenvalue weighted by Gasteiger charge is 2.11. The maximum atomic E-state index is 10.5. The molecule has 0 aliphatic rings. The molecule has 4 heteroatoms. The third-order valence-corrected chi connectivity index (χ3v) is 1.52. The van der Waals surface area contributed by atoms with Crippen LogP contribution in [0.25, 0.3) is 0 Å². The summed E-state index contributed by atoms with van der Waals surface area (Å²) in [5.74, 6) is 0. The number of rotatable bonds is 2. The molecule has 0 radical (unpaired) electrons. The first-order valence-corrected chi connectivity index (χ1v) is 3.35. The van der Waals surface area contributed by atoms with Crippen LogP contribution in [0.5, 0.6) is 0 Å². The van der Waals surface area contributed by atoms with E-state index in [1.807, 2.05) is 0 Å².